The van der Waals surface area contributed by atoms with Crippen LogP contribution in [0.4, 0.5) is 20.4 Å². The number of nitrogens with zero attached hydrogens (tertiary/aromatic N) is 3. The average molecular weight is 287 g/mol. The molecule has 2 heterocycles. The van der Waals surface area contributed by atoms with E-state index < -0.39 is 17.7 Å². The van der Waals surface area contributed by atoms with Crippen LogP contribution in [0.1, 0.15) is 6.42 Å². The monoisotopic (exact) mass is 287 g/mol. The van der Waals surface area contributed by atoms with Crippen LogP contribution >= 0.6 is 0 Å². The molecule has 1 fully saturated rings. The maximum Gasteiger partial charge on any atom is 0.178 e. The van der Waals surface area contributed by atoms with Crippen LogP contribution in [0, 0.1) is 11.6 Å². The lowest BCUT2D eigenvalue weighted by Crippen LogP contribution is -2.38. The van der Waals surface area contributed by atoms with Gasteiger partial charge < -0.3 is 20.3 Å². The molecule has 2 unspecified atom stereocenters. The summed E-state index contributed by atoms with van der Waals surface area (Å²) >= 11 is 0. The molecule has 0 radical (unpaired) electrons. The number of rotatable bonds is 4. The predicted molar refractivity (Wildman–Crippen MR) is 72.3 cm³/mol. The number of hydrogen-bond acceptors (Lipinski definition) is 6. The van der Waals surface area contributed by atoms with E-state index in [1.807, 2.05) is 19.0 Å². The number of anilines is 2. The third-order valence-electron chi connectivity index (χ3n) is 3.29. The summed E-state index contributed by atoms with van der Waals surface area (Å²) in [7, 11) is 3.79. The number of aliphatic hydroxyl groups is 1. The Kier molecular flexibility index (Phi) is 4.36. The van der Waals surface area contributed by atoms with E-state index in [4.69, 9.17) is 5.84 Å². The lowest BCUT2D eigenvalue weighted by molar-refractivity contribution is 0.191. The van der Waals surface area contributed by atoms with E-state index in [2.05, 4.69) is 10.4 Å². The Hall–Kier alpha value is -1.51. The fourth-order valence-electron chi connectivity index (χ4n) is 2.51. The van der Waals surface area contributed by atoms with E-state index in [0.717, 1.165) is 6.07 Å². The van der Waals surface area contributed by atoms with Gasteiger partial charge in [-0.2, -0.15) is 0 Å². The van der Waals surface area contributed by atoms with E-state index in [9.17, 15) is 13.9 Å². The van der Waals surface area contributed by atoms with Gasteiger partial charge in [0.1, 0.15) is 0 Å². The maximum atomic E-state index is 13.9. The quantitative estimate of drug-likeness (QED) is 0.540. The summed E-state index contributed by atoms with van der Waals surface area (Å²) in [5.41, 5.74) is 2.10. The fraction of sp³-hybridized carbons (Fsp3) is 0.583. The molecule has 112 valence electrons. The first-order valence-corrected chi connectivity index (χ1v) is 6.34. The Balaban J connectivity index is 2.33. The van der Waals surface area contributed by atoms with Gasteiger partial charge in [-0.15, -0.1) is 0 Å². The highest BCUT2D eigenvalue weighted by molar-refractivity contribution is 5.50. The van der Waals surface area contributed by atoms with Crippen molar-refractivity contribution in [1.82, 2.24) is 9.88 Å². The highest BCUT2D eigenvalue weighted by Crippen LogP contribution is 2.29. The summed E-state index contributed by atoms with van der Waals surface area (Å²) in [6, 6.07) is 0.660. The number of pyridine rings is 1. The van der Waals surface area contributed by atoms with Crippen LogP contribution in [0.5, 0.6) is 0 Å². The molecule has 1 saturated heterocycles. The van der Waals surface area contributed by atoms with Gasteiger partial charge in [0, 0.05) is 25.2 Å². The van der Waals surface area contributed by atoms with E-state index in [1.165, 1.54) is 0 Å². The Bertz CT molecular complexity index is 485. The molecule has 0 saturated carbocycles. The van der Waals surface area contributed by atoms with E-state index in [0.29, 0.717) is 13.0 Å². The highest BCUT2D eigenvalue weighted by Gasteiger charge is 2.34. The normalized spacial score (nSPS) is 22.6. The third-order valence-corrected chi connectivity index (χ3v) is 3.29. The number of likely N-dealkylation sites (N-methyl/N-ethyl adjacent to an activating group) is 1. The predicted octanol–water partition coefficient (Wildman–Crippen LogP) is 0.147. The second-order valence-corrected chi connectivity index (χ2v) is 5.23. The molecule has 0 amide bonds. The number of nitrogens with two attached hydrogens (primary N) is 1. The first kappa shape index (κ1) is 14.9. The van der Waals surface area contributed by atoms with E-state index in [-0.39, 0.29) is 24.2 Å². The molecule has 8 heteroatoms. The zero-order valence-corrected chi connectivity index (χ0v) is 11.5. The van der Waals surface area contributed by atoms with Crippen LogP contribution in [0.2, 0.25) is 0 Å². The highest BCUT2D eigenvalue weighted by atomic mass is 19.1. The molecule has 20 heavy (non-hydrogen) atoms. The molecule has 0 aliphatic carbocycles. The number of hydrazine groups is 1. The lowest BCUT2D eigenvalue weighted by atomic mass is 10.2. The van der Waals surface area contributed by atoms with Gasteiger partial charge >= 0.3 is 0 Å². The molecular formula is C12H19F2N5O. The van der Waals surface area contributed by atoms with Crippen LogP contribution < -0.4 is 16.2 Å². The molecule has 0 spiro atoms. The number of β-amino-alcohol motifs (C(OH)–C–C–N with tert-alkyl or cyclic N) is 1. The summed E-state index contributed by atoms with van der Waals surface area (Å²) in [5, 5.41) is 9.79. The minimum Gasteiger partial charge on any atom is -0.391 e. The van der Waals surface area contributed by atoms with Gasteiger partial charge in [0.05, 0.1) is 6.10 Å². The number of aliphatic hydroxyl groups excluding tert-OH is 1. The molecule has 1 aliphatic rings. The Morgan fingerprint density at radius 3 is 2.80 bits per heavy atom. The molecule has 1 aromatic rings. The standard InChI is InChI=1S/C12H19F2N5O/c1-18(2)5-7-3-8(20)6-19(7)12-10(14)4-9(13)11(16-12)17-15/h4,7-8,20H,3,5-6,15H2,1-2H3,(H,16,17). The van der Waals surface area contributed by atoms with Gasteiger partial charge in [0.15, 0.2) is 23.3 Å². The van der Waals surface area contributed by atoms with Gasteiger partial charge in [0.2, 0.25) is 0 Å². The number of halogens is 2. The number of hydrogen-bond donors (Lipinski definition) is 3. The van der Waals surface area contributed by atoms with Crippen LogP contribution in [-0.4, -0.2) is 54.3 Å². The van der Waals surface area contributed by atoms with Gasteiger partial charge in [-0.05, 0) is 20.5 Å². The molecule has 6 nitrogen and oxygen atoms in total. The topological polar surface area (TPSA) is 77.7 Å². The van der Waals surface area contributed by atoms with Crippen molar-refractivity contribution in [1.29, 1.82) is 0 Å². The molecular weight excluding hydrogens is 268 g/mol. The van der Waals surface area contributed by atoms with Crippen LogP contribution in [0.3, 0.4) is 0 Å². The third kappa shape index (κ3) is 2.97. The second kappa shape index (κ2) is 5.86. The van der Waals surface area contributed by atoms with E-state index in [1.54, 1.807) is 4.90 Å². The smallest absolute Gasteiger partial charge is 0.178 e. The zero-order chi connectivity index (χ0) is 14.9. The second-order valence-electron chi connectivity index (χ2n) is 5.23. The van der Waals surface area contributed by atoms with Crippen LogP contribution in [-0.2, 0) is 0 Å². The van der Waals surface area contributed by atoms with Gasteiger partial charge in [-0.25, -0.2) is 19.6 Å². The Morgan fingerprint density at radius 1 is 1.50 bits per heavy atom. The zero-order valence-electron chi connectivity index (χ0n) is 11.5. The van der Waals surface area contributed by atoms with Crippen molar-refractivity contribution < 1.29 is 13.9 Å². The van der Waals surface area contributed by atoms with E-state index >= 15 is 0 Å². The minimum absolute atomic E-state index is 0.00255. The van der Waals surface area contributed by atoms with Gasteiger partial charge in [0.25, 0.3) is 0 Å². The number of aromatic nitrogens is 1. The summed E-state index contributed by atoms with van der Waals surface area (Å²) < 4.78 is 27.3. The number of nitrogens with one attached hydrogen (secondary N) is 1. The van der Waals surface area contributed by atoms with Crippen molar-refractivity contribution in [3.05, 3.63) is 17.7 Å². The number of nitrogen functional groups attached to an aromatic ring is 1. The van der Waals surface area contributed by atoms with Crippen molar-refractivity contribution in [2.24, 2.45) is 5.84 Å². The van der Waals surface area contributed by atoms with Crippen molar-refractivity contribution in [2.45, 2.75) is 18.6 Å². The first-order valence-electron chi connectivity index (χ1n) is 6.34. The van der Waals surface area contributed by atoms with Crippen LogP contribution in [0.25, 0.3) is 0 Å². The Labute approximate surface area is 116 Å². The summed E-state index contributed by atoms with van der Waals surface area (Å²) in [6.07, 6.45) is -0.0392. The Morgan fingerprint density at radius 2 is 2.20 bits per heavy atom. The van der Waals surface area contributed by atoms with Gasteiger partial charge in [-0.1, -0.05) is 0 Å². The van der Waals surface area contributed by atoms with Gasteiger partial charge in [-0.3, -0.25) is 0 Å². The molecule has 0 bridgehead atoms. The molecule has 2 atom stereocenters. The van der Waals surface area contributed by atoms with Crippen molar-refractivity contribution in [3.8, 4) is 0 Å². The first-order chi connectivity index (χ1) is 9.42. The minimum atomic E-state index is -0.849. The lowest BCUT2D eigenvalue weighted by Gasteiger charge is -2.28. The SMILES string of the molecule is CN(C)CC1CC(O)CN1c1nc(NN)c(F)cc1F. The molecule has 2 rings (SSSR count). The largest absolute Gasteiger partial charge is 0.391 e. The molecule has 1 aromatic heterocycles. The molecule has 1 aliphatic heterocycles. The summed E-state index contributed by atoms with van der Waals surface area (Å²) in [5.74, 6) is 3.33. The molecule has 4 N–H and O–H groups in total. The van der Waals surface area contributed by atoms with Crippen molar-refractivity contribution >= 4 is 11.6 Å². The van der Waals surface area contributed by atoms with Crippen LogP contribution in [0.15, 0.2) is 6.07 Å². The average Bonchev–Trinajstić information content (AvgIpc) is 2.69. The summed E-state index contributed by atoms with van der Waals surface area (Å²) in [6.45, 7) is 0.902. The van der Waals surface area contributed by atoms with Crippen molar-refractivity contribution in [2.75, 3.05) is 37.5 Å². The van der Waals surface area contributed by atoms with Crippen molar-refractivity contribution in [3.63, 3.8) is 0 Å². The molecule has 0 aromatic carbocycles. The summed E-state index contributed by atoms with van der Waals surface area (Å²) in [4.78, 5) is 7.47. The fourth-order valence-corrected chi connectivity index (χ4v) is 2.51. The maximum absolute atomic E-state index is 13.9.